The van der Waals surface area contributed by atoms with Crippen LogP contribution in [0.4, 0.5) is 8.78 Å². The molecule has 0 aliphatic carbocycles. The number of ether oxygens (including phenoxy) is 1. The third kappa shape index (κ3) is 4.75. The van der Waals surface area contributed by atoms with Gasteiger partial charge < -0.3 is 19.7 Å². The largest absolute Gasteiger partial charge is 0.481 e. The van der Waals surface area contributed by atoms with Crippen molar-refractivity contribution in [3.8, 4) is 16.9 Å². The Morgan fingerprint density at radius 3 is 2.54 bits per heavy atom. The van der Waals surface area contributed by atoms with Gasteiger partial charge in [-0.05, 0) is 48.2 Å². The first-order valence-corrected chi connectivity index (χ1v) is 9.03. The number of rotatable bonds is 3. The third-order valence-electron chi connectivity index (χ3n) is 4.87. The maximum absolute atomic E-state index is 12.5. The minimum Gasteiger partial charge on any atom is -0.481 e. The van der Waals surface area contributed by atoms with Crippen LogP contribution in [0.15, 0.2) is 41.2 Å². The molecule has 4 rings (SSSR count). The molecule has 2 aromatic rings. The molecule has 0 saturated carbocycles. The number of carboxylic acid groups (broad SMARTS) is 1. The summed E-state index contributed by atoms with van der Waals surface area (Å²) in [6.07, 6.45) is 1.11. The molecule has 0 radical (unpaired) electrons. The van der Waals surface area contributed by atoms with Crippen molar-refractivity contribution in [1.82, 2.24) is 9.88 Å². The first kappa shape index (κ1) is 20.0. The van der Waals surface area contributed by atoms with Crippen molar-refractivity contribution >= 4 is 5.97 Å². The molecular formula is C20H22F2N2O4. The number of aliphatic carboxylic acids is 1. The van der Waals surface area contributed by atoms with Crippen LogP contribution >= 0.6 is 0 Å². The van der Waals surface area contributed by atoms with E-state index in [9.17, 15) is 13.6 Å². The number of benzene rings is 1. The molecule has 1 fully saturated rings. The van der Waals surface area contributed by atoms with Gasteiger partial charge in [-0.15, -0.1) is 0 Å². The number of nitrogens with zero attached hydrogens (tertiary/aromatic N) is 1. The summed E-state index contributed by atoms with van der Waals surface area (Å²) in [7, 11) is 0. The lowest BCUT2D eigenvalue weighted by molar-refractivity contribution is -0.134. The van der Waals surface area contributed by atoms with Crippen molar-refractivity contribution in [3.63, 3.8) is 0 Å². The molecule has 2 bridgehead atoms. The Labute approximate surface area is 160 Å². The van der Waals surface area contributed by atoms with Gasteiger partial charge >= 0.3 is 6.61 Å². The first-order valence-electron chi connectivity index (χ1n) is 9.03. The minimum atomic E-state index is -2.84. The first-order chi connectivity index (χ1) is 13.3. The maximum Gasteiger partial charge on any atom is 0.387 e. The summed E-state index contributed by atoms with van der Waals surface area (Å²) >= 11 is 0. The second-order valence-electron chi connectivity index (χ2n) is 7.00. The summed E-state index contributed by atoms with van der Waals surface area (Å²) in [6.45, 7) is 0.867. The number of pyridine rings is 1. The van der Waals surface area contributed by atoms with Crippen molar-refractivity contribution in [1.29, 1.82) is 0 Å². The van der Waals surface area contributed by atoms with Gasteiger partial charge in [-0.3, -0.25) is 9.59 Å². The summed E-state index contributed by atoms with van der Waals surface area (Å²) in [5, 5.41) is 10.8. The third-order valence-corrected chi connectivity index (χ3v) is 4.87. The van der Waals surface area contributed by atoms with Gasteiger partial charge in [-0.25, -0.2) is 0 Å². The van der Waals surface area contributed by atoms with Crippen LogP contribution in [0.5, 0.6) is 5.75 Å². The second kappa shape index (κ2) is 8.52. The zero-order valence-corrected chi connectivity index (χ0v) is 15.4. The van der Waals surface area contributed by atoms with Crippen LogP contribution in [0, 0.1) is 5.92 Å². The Morgan fingerprint density at radius 2 is 1.89 bits per heavy atom. The molecule has 2 atom stereocenters. The monoisotopic (exact) mass is 392 g/mol. The topological polar surface area (TPSA) is 80.6 Å². The summed E-state index contributed by atoms with van der Waals surface area (Å²) < 4.78 is 30.7. The molecule has 28 heavy (non-hydrogen) atoms. The SMILES string of the molecule is CC(=O)O.O=c1cc(-c2ccc(OC(F)F)cc2)cc2n1C[C@@H]1CNC[C@H]2C1. The number of piperidine rings is 1. The molecule has 1 aromatic carbocycles. The Balaban J connectivity index is 0.000000516. The maximum atomic E-state index is 12.5. The zero-order chi connectivity index (χ0) is 20.3. The van der Waals surface area contributed by atoms with Gasteiger partial charge in [0.1, 0.15) is 5.75 Å². The van der Waals surface area contributed by atoms with Crippen LogP contribution in [0.1, 0.15) is 25.0 Å². The molecule has 2 N–H and O–H groups in total. The fourth-order valence-corrected chi connectivity index (χ4v) is 3.80. The number of hydrogen-bond acceptors (Lipinski definition) is 4. The minimum absolute atomic E-state index is 0.00649. The van der Waals surface area contributed by atoms with E-state index >= 15 is 0 Å². The van der Waals surface area contributed by atoms with E-state index in [0.29, 0.717) is 11.8 Å². The van der Waals surface area contributed by atoms with Gasteiger partial charge in [-0.1, -0.05) is 12.1 Å². The van der Waals surface area contributed by atoms with E-state index in [2.05, 4.69) is 16.1 Å². The normalized spacial score (nSPS) is 20.0. The standard InChI is InChI=1S/C18H18F2N2O2.C2H4O2/c19-18(20)24-15-3-1-12(2-4-15)13-6-16-14-5-11(8-21-9-14)10-22(16)17(23)7-13;1-2(3)4/h1-4,6-7,11,14,18,21H,5,8-10H2;1H3,(H,3,4)/t11-,14+;/m0./s1. The number of hydrogen-bond donors (Lipinski definition) is 2. The van der Waals surface area contributed by atoms with Crippen molar-refractivity contribution in [2.24, 2.45) is 5.92 Å². The smallest absolute Gasteiger partial charge is 0.387 e. The molecule has 1 aromatic heterocycles. The van der Waals surface area contributed by atoms with Crippen molar-refractivity contribution in [2.45, 2.75) is 32.4 Å². The molecule has 2 aliphatic heterocycles. The van der Waals surface area contributed by atoms with Gasteiger partial charge in [-0.2, -0.15) is 8.78 Å². The van der Waals surface area contributed by atoms with Crippen LogP contribution in [-0.4, -0.2) is 35.3 Å². The molecule has 8 heteroatoms. The average Bonchev–Trinajstić information content (AvgIpc) is 2.62. The molecule has 0 unspecified atom stereocenters. The lowest BCUT2D eigenvalue weighted by atomic mass is 9.83. The van der Waals surface area contributed by atoms with Crippen molar-refractivity contribution in [3.05, 3.63) is 52.4 Å². The van der Waals surface area contributed by atoms with Crippen LogP contribution in [0.3, 0.4) is 0 Å². The summed E-state index contributed by atoms with van der Waals surface area (Å²) in [5.74, 6) is 0.153. The van der Waals surface area contributed by atoms with E-state index in [-0.39, 0.29) is 11.3 Å². The predicted molar refractivity (Wildman–Crippen MR) is 99.8 cm³/mol. The van der Waals surface area contributed by atoms with E-state index < -0.39 is 12.6 Å². The van der Waals surface area contributed by atoms with Crippen LogP contribution < -0.4 is 15.6 Å². The van der Waals surface area contributed by atoms with Gasteiger partial charge in [0, 0.05) is 37.7 Å². The van der Waals surface area contributed by atoms with Crippen LogP contribution in [0.2, 0.25) is 0 Å². The predicted octanol–water partition coefficient (Wildman–Crippen LogP) is 2.91. The number of nitrogens with one attached hydrogen (secondary N) is 1. The molecule has 1 saturated heterocycles. The van der Waals surface area contributed by atoms with E-state index in [0.717, 1.165) is 49.8 Å². The summed E-state index contributed by atoms with van der Waals surface area (Å²) in [4.78, 5) is 21.5. The Bertz CT molecular complexity index is 892. The fourth-order valence-electron chi connectivity index (χ4n) is 3.80. The zero-order valence-electron chi connectivity index (χ0n) is 15.4. The van der Waals surface area contributed by atoms with Crippen LogP contribution in [0.25, 0.3) is 11.1 Å². The highest BCUT2D eigenvalue weighted by Crippen LogP contribution is 2.34. The van der Waals surface area contributed by atoms with E-state index in [1.54, 1.807) is 18.2 Å². The highest BCUT2D eigenvalue weighted by Gasteiger charge is 2.31. The molecule has 0 spiro atoms. The molecular weight excluding hydrogens is 370 g/mol. The number of halogens is 2. The number of aromatic nitrogens is 1. The number of carbonyl (C=O) groups is 1. The summed E-state index contributed by atoms with van der Waals surface area (Å²) in [5.41, 5.74) is 2.71. The Hall–Kier alpha value is -2.74. The van der Waals surface area contributed by atoms with Gasteiger partial charge in [0.15, 0.2) is 0 Å². The highest BCUT2D eigenvalue weighted by molar-refractivity contribution is 5.64. The van der Waals surface area contributed by atoms with Crippen molar-refractivity contribution < 1.29 is 23.4 Å². The molecule has 0 amide bonds. The lowest BCUT2D eigenvalue weighted by Crippen LogP contribution is -2.44. The molecule has 150 valence electrons. The van der Waals surface area contributed by atoms with Crippen molar-refractivity contribution in [2.75, 3.05) is 13.1 Å². The number of carboxylic acids is 1. The Kier molecular flexibility index (Phi) is 6.08. The second-order valence-corrected chi connectivity index (χ2v) is 7.00. The van der Waals surface area contributed by atoms with Gasteiger partial charge in [0.2, 0.25) is 0 Å². The molecule has 2 aliphatic rings. The van der Waals surface area contributed by atoms with E-state index in [4.69, 9.17) is 9.90 Å². The van der Waals surface area contributed by atoms with E-state index in [1.165, 1.54) is 12.1 Å². The lowest BCUT2D eigenvalue weighted by Gasteiger charge is -2.37. The average molecular weight is 392 g/mol. The Morgan fingerprint density at radius 1 is 1.21 bits per heavy atom. The van der Waals surface area contributed by atoms with E-state index in [1.807, 2.05) is 4.57 Å². The highest BCUT2D eigenvalue weighted by atomic mass is 19.3. The molecule has 3 heterocycles. The van der Waals surface area contributed by atoms with Crippen LogP contribution in [-0.2, 0) is 11.3 Å². The molecule has 6 nitrogen and oxygen atoms in total. The quantitative estimate of drug-likeness (QED) is 0.840. The summed E-state index contributed by atoms with van der Waals surface area (Å²) in [6, 6.07) is 10.1. The number of fused-ring (bicyclic) bond motifs is 4. The van der Waals surface area contributed by atoms with Gasteiger partial charge in [0.25, 0.3) is 11.5 Å². The number of alkyl halides is 2. The van der Waals surface area contributed by atoms with Gasteiger partial charge in [0.05, 0.1) is 0 Å². The fraction of sp³-hybridized carbons (Fsp3) is 0.400.